The summed E-state index contributed by atoms with van der Waals surface area (Å²) in [4.78, 5) is 11.9. The second-order valence-corrected chi connectivity index (χ2v) is 6.10. The van der Waals surface area contributed by atoms with Crippen LogP contribution in [0.25, 0.3) is 0 Å². The molecule has 1 aromatic carbocycles. The quantitative estimate of drug-likeness (QED) is 0.812. The number of halogens is 2. The zero-order valence-electron chi connectivity index (χ0n) is 11.6. The van der Waals surface area contributed by atoms with E-state index in [1.165, 1.54) is 18.2 Å². The Morgan fingerprint density at radius 1 is 1.38 bits per heavy atom. The van der Waals surface area contributed by atoms with Crippen LogP contribution in [-0.4, -0.2) is 29.8 Å². The van der Waals surface area contributed by atoms with Gasteiger partial charge in [-0.25, -0.2) is 4.39 Å². The molecule has 1 fully saturated rings. The normalized spacial score (nSPS) is 22.4. The third-order valence-electron chi connectivity index (χ3n) is 3.58. The smallest absolute Gasteiger partial charge is 0.258 e. The Morgan fingerprint density at radius 2 is 2.14 bits per heavy atom. The van der Waals surface area contributed by atoms with E-state index in [1.807, 2.05) is 0 Å². The number of hydrogen-bond acceptors (Lipinski definition) is 3. The number of aliphatic hydroxyl groups excluding tert-OH is 1. The topological polar surface area (TPSA) is 58.6 Å². The van der Waals surface area contributed by atoms with E-state index in [1.54, 1.807) is 0 Å². The fraction of sp³-hybridized carbons (Fsp3) is 0.533. The molecule has 0 bridgehead atoms. The summed E-state index contributed by atoms with van der Waals surface area (Å²) >= 11 is 3.18. The fourth-order valence-electron chi connectivity index (χ4n) is 2.44. The third-order valence-corrected chi connectivity index (χ3v) is 4.20. The highest BCUT2D eigenvalue weighted by Gasteiger charge is 2.23. The number of ether oxygens (including phenoxy) is 1. The molecule has 2 atom stereocenters. The maximum absolute atomic E-state index is 12.9. The van der Waals surface area contributed by atoms with Gasteiger partial charge >= 0.3 is 0 Å². The number of hydrogen-bond donors (Lipinski definition) is 2. The highest BCUT2D eigenvalue weighted by Crippen LogP contribution is 2.25. The number of carbonyl (C=O) groups excluding carboxylic acids is 1. The minimum absolute atomic E-state index is 0.159. The molecule has 0 aliphatic heterocycles. The first-order valence-corrected chi connectivity index (χ1v) is 7.91. The highest BCUT2D eigenvalue weighted by atomic mass is 79.9. The van der Waals surface area contributed by atoms with Crippen molar-refractivity contribution in [2.75, 3.05) is 6.61 Å². The summed E-state index contributed by atoms with van der Waals surface area (Å²) in [7, 11) is 0. The molecule has 0 spiro atoms. The third kappa shape index (κ3) is 4.97. The van der Waals surface area contributed by atoms with Crippen molar-refractivity contribution in [3.63, 3.8) is 0 Å². The van der Waals surface area contributed by atoms with Gasteiger partial charge in [0.1, 0.15) is 11.6 Å². The second kappa shape index (κ2) is 7.75. The summed E-state index contributed by atoms with van der Waals surface area (Å²) in [6.45, 7) is -0.159. The van der Waals surface area contributed by atoms with Gasteiger partial charge in [-0.3, -0.25) is 4.79 Å². The first kappa shape index (κ1) is 16.2. The van der Waals surface area contributed by atoms with Crippen molar-refractivity contribution in [1.29, 1.82) is 0 Å². The summed E-state index contributed by atoms with van der Waals surface area (Å²) < 4.78 is 18.8. The maximum atomic E-state index is 12.9. The van der Waals surface area contributed by atoms with Gasteiger partial charge in [-0.2, -0.15) is 0 Å². The Labute approximate surface area is 131 Å². The van der Waals surface area contributed by atoms with Crippen molar-refractivity contribution in [2.45, 2.75) is 44.2 Å². The van der Waals surface area contributed by atoms with E-state index < -0.39 is 6.10 Å². The molecule has 2 unspecified atom stereocenters. The molecule has 1 aliphatic carbocycles. The Morgan fingerprint density at radius 3 is 2.90 bits per heavy atom. The molecule has 4 nitrogen and oxygen atoms in total. The van der Waals surface area contributed by atoms with Gasteiger partial charge in [0, 0.05) is 0 Å². The number of rotatable bonds is 4. The summed E-state index contributed by atoms with van der Waals surface area (Å²) in [5.41, 5.74) is 0. The molecule has 1 aliphatic rings. The van der Waals surface area contributed by atoms with Gasteiger partial charge in [0.05, 0.1) is 16.6 Å². The number of aliphatic hydroxyl groups is 1. The molecule has 0 aromatic heterocycles. The first-order valence-electron chi connectivity index (χ1n) is 7.11. The summed E-state index contributed by atoms with van der Waals surface area (Å²) in [6.07, 6.45) is 4.10. The van der Waals surface area contributed by atoms with Crippen LogP contribution in [0.2, 0.25) is 0 Å². The molecular weight excluding hydrogens is 341 g/mol. The van der Waals surface area contributed by atoms with Gasteiger partial charge in [-0.1, -0.05) is 19.3 Å². The molecular formula is C15H19BrFNO3. The van der Waals surface area contributed by atoms with Crippen molar-refractivity contribution < 1.29 is 19.0 Å². The van der Waals surface area contributed by atoms with Gasteiger partial charge in [0.25, 0.3) is 5.91 Å². The molecule has 2 rings (SSSR count). The van der Waals surface area contributed by atoms with E-state index in [0.717, 1.165) is 32.1 Å². The average molecular weight is 360 g/mol. The fourth-order valence-corrected chi connectivity index (χ4v) is 2.91. The lowest BCUT2D eigenvalue weighted by Crippen LogP contribution is -2.44. The van der Waals surface area contributed by atoms with Gasteiger partial charge in [0.15, 0.2) is 6.61 Å². The van der Waals surface area contributed by atoms with Crippen molar-refractivity contribution in [2.24, 2.45) is 0 Å². The zero-order valence-corrected chi connectivity index (χ0v) is 13.2. The van der Waals surface area contributed by atoms with Crippen LogP contribution in [0.1, 0.15) is 32.1 Å². The minimum atomic E-state index is -0.492. The van der Waals surface area contributed by atoms with Crippen LogP contribution in [-0.2, 0) is 4.79 Å². The molecule has 116 valence electrons. The molecule has 0 radical (unpaired) electrons. The molecule has 0 saturated heterocycles. The standard InChI is InChI=1S/C15H19BrFNO3/c16-11-8-10(17)6-7-14(11)21-9-15(20)18-12-4-2-1-3-5-13(12)19/h6-8,12-13,19H,1-5,9H2,(H,18,20). The zero-order chi connectivity index (χ0) is 15.2. The Bertz CT molecular complexity index is 498. The molecule has 21 heavy (non-hydrogen) atoms. The SMILES string of the molecule is O=C(COc1ccc(F)cc1Br)NC1CCCCCC1O. The van der Waals surface area contributed by atoms with E-state index in [2.05, 4.69) is 21.2 Å². The minimum Gasteiger partial charge on any atom is -0.483 e. The van der Waals surface area contributed by atoms with Gasteiger partial charge in [-0.05, 0) is 47.0 Å². The predicted octanol–water partition coefficient (Wildman–Crippen LogP) is 2.78. The lowest BCUT2D eigenvalue weighted by Gasteiger charge is -2.21. The van der Waals surface area contributed by atoms with Crippen molar-refractivity contribution in [1.82, 2.24) is 5.32 Å². The number of nitrogens with one attached hydrogen (secondary N) is 1. The van der Waals surface area contributed by atoms with Gasteiger partial charge < -0.3 is 15.2 Å². The molecule has 1 aromatic rings. The average Bonchev–Trinajstić information content (AvgIpc) is 2.63. The van der Waals surface area contributed by atoms with E-state index in [0.29, 0.717) is 10.2 Å². The number of carbonyl (C=O) groups is 1. The number of benzene rings is 1. The van der Waals surface area contributed by atoms with Crippen molar-refractivity contribution >= 4 is 21.8 Å². The molecule has 1 saturated carbocycles. The first-order chi connectivity index (χ1) is 10.1. The van der Waals surface area contributed by atoms with Crippen LogP contribution in [0, 0.1) is 5.82 Å². The van der Waals surface area contributed by atoms with Crippen LogP contribution in [0.15, 0.2) is 22.7 Å². The molecule has 6 heteroatoms. The van der Waals surface area contributed by atoms with Crippen LogP contribution in [0.3, 0.4) is 0 Å². The van der Waals surface area contributed by atoms with Crippen LogP contribution < -0.4 is 10.1 Å². The van der Waals surface area contributed by atoms with Crippen LogP contribution in [0.4, 0.5) is 4.39 Å². The molecule has 0 heterocycles. The van der Waals surface area contributed by atoms with E-state index in [-0.39, 0.29) is 24.4 Å². The molecule has 1 amide bonds. The Balaban J connectivity index is 1.84. The lowest BCUT2D eigenvalue weighted by atomic mass is 10.1. The van der Waals surface area contributed by atoms with Crippen molar-refractivity contribution in [3.05, 3.63) is 28.5 Å². The molecule has 2 N–H and O–H groups in total. The van der Waals surface area contributed by atoms with E-state index in [9.17, 15) is 14.3 Å². The summed E-state index contributed by atoms with van der Waals surface area (Å²) in [6, 6.07) is 3.81. The second-order valence-electron chi connectivity index (χ2n) is 5.24. The monoisotopic (exact) mass is 359 g/mol. The van der Waals surface area contributed by atoms with E-state index in [4.69, 9.17) is 4.74 Å². The van der Waals surface area contributed by atoms with Gasteiger partial charge in [0.2, 0.25) is 0 Å². The maximum Gasteiger partial charge on any atom is 0.258 e. The Kier molecular flexibility index (Phi) is 5.99. The Hall–Kier alpha value is -1.14. The lowest BCUT2D eigenvalue weighted by molar-refractivity contribution is -0.124. The highest BCUT2D eigenvalue weighted by molar-refractivity contribution is 9.10. The number of amides is 1. The van der Waals surface area contributed by atoms with Gasteiger partial charge in [-0.15, -0.1) is 0 Å². The van der Waals surface area contributed by atoms with Crippen LogP contribution in [0.5, 0.6) is 5.75 Å². The summed E-state index contributed by atoms with van der Waals surface area (Å²) in [5, 5.41) is 12.8. The van der Waals surface area contributed by atoms with E-state index >= 15 is 0 Å². The summed E-state index contributed by atoms with van der Waals surface area (Å²) in [5.74, 6) is -0.245. The van der Waals surface area contributed by atoms with Crippen LogP contribution >= 0.6 is 15.9 Å². The largest absolute Gasteiger partial charge is 0.483 e. The van der Waals surface area contributed by atoms with Crippen molar-refractivity contribution in [3.8, 4) is 5.75 Å². The predicted molar refractivity (Wildman–Crippen MR) is 80.6 cm³/mol.